The van der Waals surface area contributed by atoms with Crippen LogP contribution in [0, 0.1) is 26.8 Å². The Bertz CT molecular complexity index is 635. The summed E-state index contributed by atoms with van der Waals surface area (Å²) in [5, 5.41) is 0. The van der Waals surface area contributed by atoms with Crippen molar-refractivity contribution in [2.45, 2.75) is 39.5 Å². The van der Waals surface area contributed by atoms with Crippen molar-refractivity contribution in [3.8, 4) is 0 Å². The monoisotopic (exact) mass is 349 g/mol. The second-order valence-corrected chi connectivity index (χ2v) is 8.29. The van der Waals surface area contributed by atoms with Crippen molar-refractivity contribution in [2.24, 2.45) is 0 Å². The third kappa shape index (κ3) is 4.89. The molecule has 0 bridgehead atoms. The SMILES string of the molecule is CCOP(=O)(COS(=O)(=O)c1c(C)[c]c(C)cc1C)OCC. The lowest BCUT2D eigenvalue weighted by molar-refractivity contribution is 0.198. The molecule has 22 heavy (non-hydrogen) atoms. The van der Waals surface area contributed by atoms with E-state index >= 15 is 0 Å². The summed E-state index contributed by atoms with van der Waals surface area (Å²) >= 11 is 0. The van der Waals surface area contributed by atoms with Gasteiger partial charge in [-0.1, -0.05) is 6.07 Å². The number of hydrogen-bond donors (Lipinski definition) is 0. The van der Waals surface area contributed by atoms with E-state index in [1.807, 2.05) is 6.92 Å². The van der Waals surface area contributed by atoms with Crippen molar-refractivity contribution < 1.29 is 26.2 Å². The molecule has 0 heterocycles. The van der Waals surface area contributed by atoms with E-state index in [9.17, 15) is 13.0 Å². The molecule has 0 saturated carbocycles. The molecule has 0 aliphatic rings. The first-order valence-corrected chi connectivity index (χ1v) is 10.1. The Balaban J connectivity index is 3.04. The molecule has 0 saturated heterocycles. The lowest BCUT2D eigenvalue weighted by Gasteiger charge is -2.17. The fraction of sp³-hybridized carbons (Fsp3) is 0.571. The fourth-order valence-electron chi connectivity index (χ4n) is 2.16. The molecular weight excluding hydrogens is 327 g/mol. The molecule has 0 spiro atoms. The summed E-state index contributed by atoms with van der Waals surface area (Å²) < 4.78 is 52.0. The van der Waals surface area contributed by atoms with Gasteiger partial charge in [0, 0.05) is 0 Å². The second-order valence-electron chi connectivity index (χ2n) is 4.74. The molecule has 0 aliphatic carbocycles. The summed E-state index contributed by atoms with van der Waals surface area (Å²) in [6.07, 6.45) is -0.649. The van der Waals surface area contributed by atoms with Crippen molar-refractivity contribution in [3.05, 3.63) is 28.8 Å². The molecule has 1 aromatic rings. The van der Waals surface area contributed by atoms with Crippen LogP contribution in [0.4, 0.5) is 0 Å². The van der Waals surface area contributed by atoms with Gasteiger partial charge in [0.15, 0.2) is 6.35 Å². The largest absolute Gasteiger partial charge is 0.357 e. The smallest absolute Gasteiger partial charge is 0.307 e. The first kappa shape index (κ1) is 19.3. The van der Waals surface area contributed by atoms with Crippen LogP contribution in [-0.2, 0) is 27.9 Å². The zero-order chi connectivity index (χ0) is 17.0. The van der Waals surface area contributed by atoms with E-state index in [1.54, 1.807) is 33.8 Å². The molecule has 8 heteroatoms. The van der Waals surface area contributed by atoms with E-state index in [0.717, 1.165) is 5.56 Å². The molecule has 1 radical (unpaired) electrons. The molecule has 0 N–H and O–H groups in total. The highest BCUT2D eigenvalue weighted by Gasteiger charge is 2.30. The molecular formula is C14H22O6PS. The zero-order valence-corrected chi connectivity index (χ0v) is 15.2. The summed E-state index contributed by atoms with van der Waals surface area (Å²) in [6, 6.07) is 4.64. The van der Waals surface area contributed by atoms with Crippen LogP contribution in [-0.4, -0.2) is 28.0 Å². The molecule has 125 valence electrons. The van der Waals surface area contributed by atoms with Crippen LogP contribution in [0.5, 0.6) is 0 Å². The molecule has 6 nitrogen and oxygen atoms in total. The summed E-state index contributed by atoms with van der Waals surface area (Å²) in [6.45, 7) is 8.70. The first-order valence-electron chi connectivity index (χ1n) is 6.93. The highest BCUT2D eigenvalue weighted by Crippen LogP contribution is 2.48. The molecule has 1 rings (SSSR count). The van der Waals surface area contributed by atoms with Gasteiger partial charge in [-0.15, -0.1) is 0 Å². The zero-order valence-electron chi connectivity index (χ0n) is 13.5. The van der Waals surface area contributed by atoms with E-state index in [-0.39, 0.29) is 18.1 Å². The Morgan fingerprint density at radius 1 is 1.14 bits per heavy atom. The van der Waals surface area contributed by atoms with Gasteiger partial charge in [0.05, 0.1) is 13.2 Å². The van der Waals surface area contributed by atoms with Crippen LogP contribution in [0.15, 0.2) is 11.0 Å². The number of rotatable bonds is 8. The minimum Gasteiger partial charge on any atom is -0.307 e. The van der Waals surface area contributed by atoms with Crippen molar-refractivity contribution in [3.63, 3.8) is 0 Å². The van der Waals surface area contributed by atoms with Crippen LogP contribution >= 0.6 is 7.60 Å². The third-order valence-electron chi connectivity index (χ3n) is 2.78. The number of benzene rings is 1. The van der Waals surface area contributed by atoms with Crippen LogP contribution in [0.25, 0.3) is 0 Å². The molecule has 0 unspecified atom stereocenters. The molecule has 0 aliphatic heterocycles. The summed E-state index contributed by atoms with van der Waals surface area (Å²) in [5.74, 6) is 0. The maximum absolute atomic E-state index is 12.4. The van der Waals surface area contributed by atoms with E-state index in [1.165, 1.54) is 0 Å². The molecule has 0 amide bonds. The van der Waals surface area contributed by atoms with Gasteiger partial charge in [0.2, 0.25) is 0 Å². The Hall–Kier alpha value is -0.720. The van der Waals surface area contributed by atoms with Gasteiger partial charge >= 0.3 is 7.60 Å². The quantitative estimate of drug-likeness (QED) is 0.529. The van der Waals surface area contributed by atoms with Crippen LogP contribution in [0.2, 0.25) is 0 Å². The maximum Gasteiger partial charge on any atom is 0.357 e. The Kier molecular flexibility index (Phi) is 6.77. The van der Waals surface area contributed by atoms with Gasteiger partial charge in [0.1, 0.15) is 4.90 Å². The van der Waals surface area contributed by atoms with Crippen molar-refractivity contribution in [2.75, 3.05) is 19.6 Å². The van der Waals surface area contributed by atoms with Crippen molar-refractivity contribution in [1.82, 2.24) is 0 Å². The van der Waals surface area contributed by atoms with Crippen LogP contribution in [0.1, 0.15) is 30.5 Å². The van der Waals surface area contributed by atoms with Gasteiger partial charge in [-0.05, 0) is 57.4 Å². The predicted molar refractivity (Wildman–Crippen MR) is 83.5 cm³/mol. The van der Waals surface area contributed by atoms with Gasteiger partial charge < -0.3 is 9.05 Å². The highest BCUT2D eigenvalue weighted by molar-refractivity contribution is 7.87. The van der Waals surface area contributed by atoms with Gasteiger partial charge in [-0.2, -0.15) is 8.42 Å². The van der Waals surface area contributed by atoms with Crippen LogP contribution < -0.4 is 0 Å². The van der Waals surface area contributed by atoms with E-state index in [4.69, 9.17) is 13.2 Å². The Morgan fingerprint density at radius 3 is 2.14 bits per heavy atom. The highest BCUT2D eigenvalue weighted by atomic mass is 32.2. The molecule has 0 aromatic heterocycles. The summed E-state index contributed by atoms with van der Waals surface area (Å²) in [7, 11) is -7.66. The minimum atomic E-state index is -4.07. The van der Waals surface area contributed by atoms with E-state index in [0.29, 0.717) is 11.1 Å². The summed E-state index contributed by atoms with van der Waals surface area (Å²) in [4.78, 5) is 0.0395. The normalized spacial score (nSPS) is 12.6. The lowest BCUT2D eigenvalue weighted by Crippen LogP contribution is -2.13. The number of hydrogen-bond acceptors (Lipinski definition) is 6. The lowest BCUT2D eigenvalue weighted by atomic mass is 10.1. The summed E-state index contributed by atoms with van der Waals surface area (Å²) in [5.41, 5.74) is 1.85. The topological polar surface area (TPSA) is 78.9 Å². The van der Waals surface area contributed by atoms with Crippen molar-refractivity contribution >= 4 is 17.7 Å². The van der Waals surface area contributed by atoms with Crippen molar-refractivity contribution in [1.29, 1.82) is 0 Å². The van der Waals surface area contributed by atoms with Crippen LogP contribution in [0.3, 0.4) is 0 Å². The van der Waals surface area contributed by atoms with Gasteiger partial charge in [-0.3, -0.25) is 8.75 Å². The molecule has 0 atom stereocenters. The standard InChI is InChI=1S/C14H22O6PS/c1-6-18-21(15,19-7-2)10-20-22(16,17)14-12(4)8-11(3)9-13(14)5/h8H,6-7,10H2,1-5H3. The fourth-order valence-corrected chi connectivity index (χ4v) is 5.24. The van der Waals surface area contributed by atoms with E-state index < -0.39 is 24.1 Å². The maximum atomic E-state index is 12.4. The van der Waals surface area contributed by atoms with Gasteiger partial charge in [-0.25, -0.2) is 0 Å². The third-order valence-corrected chi connectivity index (χ3v) is 6.26. The number of aryl methyl sites for hydroxylation is 3. The Labute approximate surface area is 132 Å². The first-order chi connectivity index (χ1) is 10.1. The predicted octanol–water partition coefficient (Wildman–Crippen LogP) is 3.34. The average Bonchev–Trinajstić information content (AvgIpc) is 2.35. The second kappa shape index (κ2) is 7.70. The molecule has 1 aromatic carbocycles. The van der Waals surface area contributed by atoms with Gasteiger partial charge in [0.25, 0.3) is 10.1 Å². The Morgan fingerprint density at radius 2 is 1.68 bits per heavy atom. The molecule has 0 fully saturated rings. The minimum absolute atomic E-state index is 0.0395. The average molecular weight is 349 g/mol. The van der Waals surface area contributed by atoms with E-state index in [2.05, 4.69) is 6.07 Å².